The highest BCUT2D eigenvalue weighted by molar-refractivity contribution is 5.72. The van der Waals surface area contributed by atoms with Crippen LogP contribution in [0.15, 0.2) is 24.3 Å². The monoisotopic (exact) mass is 290 g/mol. The number of unbranched alkanes of at least 4 members (excludes halogenated alkanes) is 1. The summed E-state index contributed by atoms with van der Waals surface area (Å²) in [4.78, 5) is 11.8. The summed E-state index contributed by atoms with van der Waals surface area (Å²) in [7, 11) is 1.49. The maximum atomic E-state index is 11.8. The van der Waals surface area contributed by atoms with Crippen molar-refractivity contribution < 1.29 is 9.53 Å². The Labute approximate surface area is 129 Å². The molecule has 0 saturated heterocycles. The minimum atomic E-state index is -0.0445. The van der Waals surface area contributed by atoms with Crippen molar-refractivity contribution >= 4 is 5.97 Å². The second-order valence-electron chi connectivity index (χ2n) is 5.94. The predicted molar refractivity (Wildman–Crippen MR) is 88.5 cm³/mol. The first-order valence-electron chi connectivity index (χ1n) is 8.29. The number of hydrogen-bond acceptors (Lipinski definition) is 2. The lowest BCUT2D eigenvalue weighted by atomic mass is 9.89. The molecule has 2 unspecified atom stereocenters. The lowest BCUT2D eigenvalue weighted by molar-refractivity contribution is -0.146. The molecule has 2 heteroatoms. The number of rotatable bonds is 9. The zero-order valence-corrected chi connectivity index (χ0v) is 14.0. The summed E-state index contributed by atoms with van der Waals surface area (Å²) in [6.45, 7) is 6.58. The Morgan fingerprint density at radius 2 is 1.76 bits per heavy atom. The van der Waals surface area contributed by atoms with E-state index in [-0.39, 0.29) is 11.9 Å². The normalized spacial score (nSPS) is 13.7. The van der Waals surface area contributed by atoms with Crippen molar-refractivity contribution in [3.63, 3.8) is 0 Å². The molecule has 1 aromatic rings. The van der Waals surface area contributed by atoms with Crippen molar-refractivity contribution in [1.29, 1.82) is 0 Å². The van der Waals surface area contributed by atoms with E-state index >= 15 is 0 Å². The van der Waals surface area contributed by atoms with Gasteiger partial charge in [-0.2, -0.15) is 0 Å². The summed E-state index contributed by atoms with van der Waals surface area (Å²) in [6.07, 6.45) is 6.21. The summed E-state index contributed by atoms with van der Waals surface area (Å²) >= 11 is 0. The van der Waals surface area contributed by atoms with Gasteiger partial charge >= 0.3 is 5.97 Å². The maximum absolute atomic E-state index is 11.8. The van der Waals surface area contributed by atoms with Crippen LogP contribution in [0.5, 0.6) is 0 Å². The molecule has 0 amide bonds. The molecule has 1 rings (SSSR count). The molecule has 2 atom stereocenters. The minimum absolute atomic E-state index is 0.0445. The highest BCUT2D eigenvalue weighted by atomic mass is 16.5. The highest BCUT2D eigenvalue weighted by Crippen LogP contribution is 2.26. The molecule has 0 N–H and O–H groups in total. The SMILES string of the molecule is CCCCC(CCC(C)c1ccc(CC)cc1)C(=O)OC. The standard InChI is InChI=1S/C19H30O2/c1-5-7-8-18(19(20)21-4)12-9-15(3)17-13-10-16(6-2)11-14-17/h10-11,13-15,18H,5-9,12H2,1-4H3. The van der Waals surface area contributed by atoms with Crippen LogP contribution < -0.4 is 0 Å². The number of esters is 1. The van der Waals surface area contributed by atoms with Gasteiger partial charge in [0.2, 0.25) is 0 Å². The molecule has 0 radical (unpaired) electrons. The average molecular weight is 290 g/mol. The van der Waals surface area contributed by atoms with Gasteiger partial charge in [-0.05, 0) is 42.7 Å². The lowest BCUT2D eigenvalue weighted by Crippen LogP contribution is -2.17. The number of methoxy groups -OCH3 is 1. The van der Waals surface area contributed by atoms with Crippen LogP contribution in [-0.2, 0) is 16.0 Å². The summed E-state index contributed by atoms with van der Waals surface area (Å²) < 4.78 is 4.94. The van der Waals surface area contributed by atoms with Crippen LogP contribution in [0.1, 0.15) is 69.9 Å². The average Bonchev–Trinajstić information content (AvgIpc) is 2.54. The Kier molecular flexibility index (Phi) is 8.11. The Balaban J connectivity index is 2.54. The van der Waals surface area contributed by atoms with Gasteiger partial charge in [0.25, 0.3) is 0 Å². The predicted octanol–water partition coefficient (Wildman–Crippen LogP) is 5.11. The first-order chi connectivity index (χ1) is 10.1. The molecule has 0 aliphatic carbocycles. The molecule has 0 spiro atoms. The molecular weight excluding hydrogens is 260 g/mol. The maximum Gasteiger partial charge on any atom is 0.308 e. The minimum Gasteiger partial charge on any atom is -0.469 e. The number of hydrogen-bond donors (Lipinski definition) is 0. The van der Waals surface area contributed by atoms with E-state index in [4.69, 9.17) is 4.74 Å². The van der Waals surface area contributed by atoms with Crippen LogP contribution in [0.2, 0.25) is 0 Å². The van der Waals surface area contributed by atoms with Crippen LogP contribution in [0.3, 0.4) is 0 Å². The molecule has 0 heterocycles. The van der Waals surface area contributed by atoms with Crippen LogP contribution in [0.25, 0.3) is 0 Å². The number of ether oxygens (including phenoxy) is 1. The molecule has 21 heavy (non-hydrogen) atoms. The Bertz CT molecular complexity index is 408. The summed E-state index contributed by atoms with van der Waals surface area (Å²) in [5.74, 6) is 0.508. The summed E-state index contributed by atoms with van der Waals surface area (Å²) in [5.41, 5.74) is 2.74. The van der Waals surface area contributed by atoms with Gasteiger partial charge in [-0.15, -0.1) is 0 Å². The number of carbonyl (C=O) groups excluding carboxylic acids is 1. The summed E-state index contributed by atoms with van der Waals surface area (Å²) in [5, 5.41) is 0. The third-order valence-corrected chi connectivity index (χ3v) is 4.35. The van der Waals surface area contributed by atoms with Crippen molar-refractivity contribution in [2.24, 2.45) is 5.92 Å². The lowest BCUT2D eigenvalue weighted by Gasteiger charge is -2.17. The van der Waals surface area contributed by atoms with E-state index in [1.54, 1.807) is 0 Å². The largest absolute Gasteiger partial charge is 0.469 e. The molecule has 2 nitrogen and oxygen atoms in total. The van der Waals surface area contributed by atoms with Crippen molar-refractivity contribution in [3.8, 4) is 0 Å². The first kappa shape index (κ1) is 17.7. The molecule has 1 aromatic carbocycles. The van der Waals surface area contributed by atoms with Gasteiger partial charge in [0.05, 0.1) is 13.0 Å². The van der Waals surface area contributed by atoms with E-state index in [0.29, 0.717) is 5.92 Å². The van der Waals surface area contributed by atoms with Crippen molar-refractivity contribution in [1.82, 2.24) is 0 Å². The van der Waals surface area contributed by atoms with Crippen LogP contribution in [0.4, 0.5) is 0 Å². The molecule has 118 valence electrons. The fourth-order valence-corrected chi connectivity index (χ4v) is 2.70. The molecule has 0 saturated carbocycles. The molecule has 0 aliphatic heterocycles. The number of carbonyl (C=O) groups is 1. The topological polar surface area (TPSA) is 26.3 Å². The third kappa shape index (κ3) is 5.91. The Morgan fingerprint density at radius 3 is 2.29 bits per heavy atom. The second-order valence-corrected chi connectivity index (χ2v) is 5.94. The van der Waals surface area contributed by atoms with E-state index in [2.05, 4.69) is 45.0 Å². The quantitative estimate of drug-likeness (QED) is 0.591. The van der Waals surface area contributed by atoms with Crippen LogP contribution >= 0.6 is 0 Å². The summed E-state index contributed by atoms with van der Waals surface area (Å²) in [6, 6.07) is 8.87. The van der Waals surface area contributed by atoms with E-state index in [1.165, 1.54) is 18.2 Å². The van der Waals surface area contributed by atoms with Gasteiger partial charge in [-0.3, -0.25) is 4.79 Å². The highest BCUT2D eigenvalue weighted by Gasteiger charge is 2.19. The van der Waals surface area contributed by atoms with Gasteiger partial charge in [-0.1, -0.05) is 57.9 Å². The Morgan fingerprint density at radius 1 is 1.10 bits per heavy atom. The fraction of sp³-hybridized carbons (Fsp3) is 0.632. The van der Waals surface area contributed by atoms with Gasteiger partial charge in [-0.25, -0.2) is 0 Å². The second kappa shape index (κ2) is 9.59. The van der Waals surface area contributed by atoms with Gasteiger partial charge < -0.3 is 4.74 Å². The van der Waals surface area contributed by atoms with E-state index < -0.39 is 0 Å². The van der Waals surface area contributed by atoms with Crippen molar-refractivity contribution in [3.05, 3.63) is 35.4 Å². The molecule has 0 fully saturated rings. The van der Waals surface area contributed by atoms with Gasteiger partial charge in [0.1, 0.15) is 0 Å². The van der Waals surface area contributed by atoms with Crippen molar-refractivity contribution in [2.75, 3.05) is 7.11 Å². The number of benzene rings is 1. The first-order valence-corrected chi connectivity index (χ1v) is 8.29. The molecule has 0 aliphatic rings. The van der Waals surface area contributed by atoms with Crippen LogP contribution in [-0.4, -0.2) is 13.1 Å². The van der Waals surface area contributed by atoms with E-state index in [1.807, 2.05) is 0 Å². The number of aryl methyl sites for hydroxylation is 1. The van der Waals surface area contributed by atoms with Crippen molar-refractivity contribution in [2.45, 2.75) is 65.2 Å². The molecular formula is C19H30O2. The third-order valence-electron chi connectivity index (χ3n) is 4.35. The zero-order valence-electron chi connectivity index (χ0n) is 14.0. The fourth-order valence-electron chi connectivity index (χ4n) is 2.70. The van der Waals surface area contributed by atoms with Crippen LogP contribution in [0, 0.1) is 5.92 Å². The van der Waals surface area contributed by atoms with Gasteiger partial charge in [0, 0.05) is 0 Å². The molecule has 0 aromatic heterocycles. The smallest absolute Gasteiger partial charge is 0.308 e. The van der Waals surface area contributed by atoms with E-state index in [0.717, 1.165) is 38.5 Å². The Hall–Kier alpha value is -1.31. The van der Waals surface area contributed by atoms with Gasteiger partial charge in [0.15, 0.2) is 0 Å². The van der Waals surface area contributed by atoms with E-state index in [9.17, 15) is 4.79 Å². The molecule has 0 bridgehead atoms. The zero-order chi connectivity index (χ0) is 15.7.